The van der Waals surface area contributed by atoms with Crippen molar-refractivity contribution in [2.45, 2.75) is 69.6 Å². The summed E-state index contributed by atoms with van der Waals surface area (Å²) in [7, 11) is -4.07. The van der Waals surface area contributed by atoms with Crippen LogP contribution < -0.4 is 0 Å². The van der Waals surface area contributed by atoms with Gasteiger partial charge in [-0.05, 0) is 56.2 Å². The molecule has 0 fully saturated rings. The first-order valence-electron chi connectivity index (χ1n) is 8.25. The van der Waals surface area contributed by atoms with Crippen molar-refractivity contribution < 1.29 is 13.0 Å². The minimum atomic E-state index is -4.07. The minimum Gasteiger partial charge on any atom is -0.282 e. The summed E-state index contributed by atoms with van der Waals surface area (Å²) in [6.45, 7) is 2.22. The largest absolute Gasteiger partial charge is 0.294 e. The van der Waals surface area contributed by atoms with E-state index in [1.165, 1.54) is 50.7 Å². The van der Waals surface area contributed by atoms with Crippen molar-refractivity contribution >= 4 is 10.1 Å². The summed E-state index contributed by atoms with van der Waals surface area (Å²) >= 11 is 0. The van der Waals surface area contributed by atoms with Crippen LogP contribution >= 0.6 is 0 Å². The maximum atomic E-state index is 10.9. The molecular formula is C18H28O3S. The van der Waals surface area contributed by atoms with Crippen LogP contribution in [0.25, 0.3) is 0 Å². The molecule has 1 aromatic carbocycles. The Labute approximate surface area is 135 Å². The highest BCUT2D eigenvalue weighted by Crippen LogP contribution is 2.13. The van der Waals surface area contributed by atoms with Crippen LogP contribution in [0.1, 0.15) is 63.9 Å². The molecule has 0 radical (unpaired) electrons. The Morgan fingerprint density at radius 3 is 2.05 bits per heavy atom. The molecule has 0 aliphatic rings. The molecule has 4 heteroatoms. The van der Waals surface area contributed by atoms with Crippen LogP contribution in [0.4, 0.5) is 0 Å². The van der Waals surface area contributed by atoms with Crippen LogP contribution in [0.3, 0.4) is 0 Å². The molecular weight excluding hydrogens is 296 g/mol. The first kappa shape index (κ1) is 18.9. The smallest absolute Gasteiger partial charge is 0.282 e. The SMILES string of the molecule is CCCCC/C=C\CCCCCc1ccc(S(=O)(=O)O)cc1. The van der Waals surface area contributed by atoms with Crippen molar-refractivity contribution in [1.29, 1.82) is 0 Å². The number of hydrogen-bond donors (Lipinski definition) is 1. The van der Waals surface area contributed by atoms with E-state index in [4.69, 9.17) is 4.55 Å². The second-order valence-electron chi connectivity index (χ2n) is 5.69. The molecule has 0 amide bonds. The van der Waals surface area contributed by atoms with Crippen LogP contribution in [0, 0.1) is 0 Å². The third-order valence-corrected chi connectivity index (χ3v) is 4.57. The summed E-state index contributed by atoms with van der Waals surface area (Å²) in [5.74, 6) is 0. The van der Waals surface area contributed by atoms with Crippen LogP contribution in [-0.4, -0.2) is 13.0 Å². The van der Waals surface area contributed by atoms with Gasteiger partial charge in [-0.3, -0.25) is 4.55 Å². The molecule has 0 bridgehead atoms. The standard InChI is InChI=1S/C18H28O3S/c1-2-3-4-5-6-7-8-9-10-11-12-17-13-15-18(16-14-17)22(19,20)21/h6-7,13-16H,2-5,8-12H2,1H3,(H,19,20,21)/b7-6-. The number of unbranched alkanes of at least 4 members (excludes halogenated alkanes) is 6. The van der Waals surface area contributed by atoms with Gasteiger partial charge in [-0.1, -0.05) is 50.5 Å². The molecule has 3 nitrogen and oxygen atoms in total. The molecule has 1 aromatic rings. The van der Waals surface area contributed by atoms with E-state index in [9.17, 15) is 8.42 Å². The van der Waals surface area contributed by atoms with Crippen molar-refractivity contribution in [3.63, 3.8) is 0 Å². The second kappa shape index (κ2) is 10.6. The van der Waals surface area contributed by atoms with E-state index in [1.54, 1.807) is 12.1 Å². The van der Waals surface area contributed by atoms with Gasteiger partial charge in [0.2, 0.25) is 0 Å². The fourth-order valence-corrected chi connectivity index (χ4v) is 2.82. The second-order valence-corrected chi connectivity index (χ2v) is 7.11. The Hall–Kier alpha value is -1.13. The number of allylic oxidation sites excluding steroid dienone is 2. The summed E-state index contributed by atoms with van der Waals surface area (Å²) in [5.41, 5.74) is 1.11. The predicted octanol–water partition coefficient (Wildman–Crippen LogP) is 5.17. The lowest BCUT2D eigenvalue weighted by Crippen LogP contribution is -1.97. The van der Waals surface area contributed by atoms with Gasteiger partial charge in [0, 0.05) is 0 Å². The van der Waals surface area contributed by atoms with Gasteiger partial charge >= 0.3 is 0 Å². The molecule has 0 saturated carbocycles. The molecule has 0 unspecified atom stereocenters. The molecule has 22 heavy (non-hydrogen) atoms. The first-order valence-corrected chi connectivity index (χ1v) is 9.69. The zero-order valence-electron chi connectivity index (χ0n) is 13.5. The Morgan fingerprint density at radius 2 is 1.50 bits per heavy atom. The molecule has 0 spiro atoms. The number of rotatable bonds is 11. The first-order chi connectivity index (χ1) is 10.5. The van der Waals surface area contributed by atoms with Crippen LogP contribution in [0.15, 0.2) is 41.3 Å². The van der Waals surface area contributed by atoms with Crippen molar-refractivity contribution in [3.05, 3.63) is 42.0 Å². The van der Waals surface area contributed by atoms with Crippen molar-refractivity contribution in [2.24, 2.45) is 0 Å². The van der Waals surface area contributed by atoms with Gasteiger partial charge in [-0.2, -0.15) is 8.42 Å². The fraction of sp³-hybridized carbons (Fsp3) is 0.556. The van der Waals surface area contributed by atoms with Gasteiger partial charge in [0.05, 0.1) is 4.90 Å². The van der Waals surface area contributed by atoms with E-state index in [0.717, 1.165) is 24.8 Å². The zero-order valence-corrected chi connectivity index (χ0v) is 14.3. The van der Waals surface area contributed by atoms with Gasteiger partial charge in [0.15, 0.2) is 0 Å². The van der Waals surface area contributed by atoms with Gasteiger partial charge in [0.1, 0.15) is 0 Å². The Kier molecular flexibility index (Phi) is 9.09. The van der Waals surface area contributed by atoms with Gasteiger partial charge in [-0.25, -0.2) is 0 Å². The molecule has 0 aromatic heterocycles. The maximum Gasteiger partial charge on any atom is 0.294 e. The Bertz CT molecular complexity index is 530. The lowest BCUT2D eigenvalue weighted by Gasteiger charge is -2.02. The summed E-state index contributed by atoms with van der Waals surface area (Å²) in [5, 5.41) is 0. The van der Waals surface area contributed by atoms with Crippen LogP contribution in [0.2, 0.25) is 0 Å². The van der Waals surface area contributed by atoms with E-state index < -0.39 is 10.1 Å². The third-order valence-electron chi connectivity index (χ3n) is 3.70. The molecule has 0 aliphatic carbocycles. The summed E-state index contributed by atoms with van der Waals surface area (Å²) in [6, 6.07) is 6.47. The van der Waals surface area contributed by atoms with E-state index in [-0.39, 0.29) is 4.90 Å². The van der Waals surface area contributed by atoms with Crippen molar-refractivity contribution in [1.82, 2.24) is 0 Å². The average molecular weight is 324 g/mol. The number of benzene rings is 1. The summed E-state index contributed by atoms with van der Waals surface area (Å²) in [4.78, 5) is -0.0375. The Morgan fingerprint density at radius 1 is 0.909 bits per heavy atom. The topological polar surface area (TPSA) is 54.4 Å². The van der Waals surface area contributed by atoms with E-state index in [1.807, 2.05) is 0 Å². The Balaban J connectivity index is 2.12. The van der Waals surface area contributed by atoms with Crippen molar-refractivity contribution in [2.75, 3.05) is 0 Å². The van der Waals surface area contributed by atoms with Gasteiger partial charge in [0.25, 0.3) is 10.1 Å². The molecule has 1 rings (SSSR count). The minimum absolute atomic E-state index is 0.0375. The normalized spacial score (nSPS) is 12.1. The van der Waals surface area contributed by atoms with Crippen molar-refractivity contribution in [3.8, 4) is 0 Å². The fourth-order valence-electron chi connectivity index (χ4n) is 2.34. The van der Waals surface area contributed by atoms with Crippen LogP contribution in [0.5, 0.6) is 0 Å². The quantitative estimate of drug-likeness (QED) is 0.347. The molecule has 124 valence electrons. The highest BCUT2D eigenvalue weighted by Gasteiger charge is 2.07. The van der Waals surface area contributed by atoms with E-state index in [2.05, 4.69) is 19.1 Å². The number of aryl methyl sites for hydroxylation is 1. The highest BCUT2D eigenvalue weighted by atomic mass is 32.2. The van der Waals surface area contributed by atoms with Gasteiger partial charge in [-0.15, -0.1) is 0 Å². The summed E-state index contributed by atoms with van der Waals surface area (Å²) < 4.78 is 30.8. The lowest BCUT2D eigenvalue weighted by molar-refractivity contribution is 0.483. The molecule has 0 heterocycles. The average Bonchev–Trinajstić information content (AvgIpc) is 2.49. The molecule has 0 saturated heterocycles. The van der Waals surface area contributed by atoms with Crippen LogP contribution in [-0.2, 0) is 16.5 Å². The monoisotopic (exact) mass is 324 g/mol. The van der Waals surface area contributed by atoms with Gasteiger partial charge < -0.3 is 0 Å². The zero-order chi connectivity index (χ0) is 16.3. The van der Waals surface area contributed by atoms with E-state index in [0.29, 0.717) is 0 Å². The lowest BCUT2D eigenvalue weighted by atomic mass is 10.1. The molecule has 0 aliphatic heterocycles. The predicted molar refractivity (Wildman–Crippen MR) is 91.7 cm³/mol. The summed E-state index contributed by atoms with van der Waals surface area (Å²) in [6.07, 6.45) is 15.3. The maximum absolute atomic E-state index is 10.9. The van der Waals surface area contributed by atoms with E-state index >= 15 is 0 Å². The number of hydrogen-bond acceptors (Lipinski definition) is 2. The highest BCUT2D eigenvalue weighted by molar-refractivity contribution is 7.85. The molecule has 0 atom stereocenters. The third kappa shape index (κ3) is 8.35. The molecule has 1 N–H and O–H groups in total.